The van der Waals surface area contributed by atoms with Crippen LogP contribution in [0.2, 0.25) is 5.02 Å². The predicted molar refractivity (Wildman–Crippen MR) is 107 cm³/mol. The van der Waals surface area contributed by atoms with Gasteiger partial charge in [0.05, 0.1) is 0 Å². The van der Waals surface area contributed by atoms with Gasteiger partial charge in [-0.15, -0.1) is 0 Å². The van der Waals surface area contributed by atoms with Gasteiger partial charge in [-0.3, -0.25) is 0 Å². The summed E-state index contributed by atoms with van der Waals surface area (Å²) in [7, 11) is 0. The average molecular weight is 456 g/mol. The summed E-state index contributed by atoms with van der Waals surface area (Å²) in [6.07, 6.45) is -7.35. The Morgan fingerprint density at radius 3 is 2.52 bits per heavy atom. The maximum Gasteiger partial charge on any atom is 0.507 e. The molecule has 0 spiro atoms. The summed E-state index contributed by atoms with van der Waals surface area (Å²) in [5, 5.41) is 14.6. The van der Waals surface area contributed by atoms with E-state index in [1.807, 2.05) is 0 Å². The van der Waals surface area contributed by atoms with Crippen LogP contribution in [-0.4, -0.2) is 29.0 Å². The van der Waals surface area contributed by atoms with E-state index in [9.17, 15) is 22.7 Å². The molecule has 1 saturated carbocycles. The van der Waals surface area contributed by atoms with Crippen molar-refractivity contribution in [3.63, 3.8) is 0 Å². The van der Waals surface area contributed by atoms with Crippen LogP contribution in [0.15, 0.2) is 42.5 Å². The van der Waals surface area contributed by atoms with E-state index in [4.69, 9.17) is 11.6 Å². The highest BCUT2D eigenvalue weighted by Crippen LogP contribution is 2.47. The largest absolute Gasteiger partial charge is 0.507 e. The third-order valence-corrected chi connectivity index (χ3v) is 5.36. The molecule has 0 bridgehead atoms. The highest BCUT2D eigenvalue weighted by molar-refractivity contribution is 6.30. The number of ether oxygens (including phenoxy) is 2. The van der Waals surface area contributed by atoms with Crippen LogP contribution in [0.1, 0.15) is 31.2 Å². The van der Waals surface area contributed by atoms with E-state index >= 15 is 0 Å². The van der Waals surface area contributed by atoms with Crippen LogP contribution in [0.25, 0.3) is 0 Å². The summed E-state index contributed by atoms with van der Waals surface area (Å²) in [5.41, 5.74) is -0.179. The summed E-state index contributed by atoms with van der Waals surface area (Å²) >= 11 is 5.95. The molecule has 4 rings (SSSR count). The van der Waals surface area contributed by atoms with Crippen LogP contribution in [0.4, 0.5) is 23.2 Å². The number of anilines is 1. The minimum Gasteiger partial charge on any atom is -0.421 e. The first-order chi connectivity index (χ1) is 14.6. The Balaban J connectivity index is 1.47. The van der Waals surface area contributed by atoms with E-state index < -0.39 is 29.3 Å². The second-order valence-electron chi connectivity index (χ2n) is 7.63. The minimum atomic E-state index is -4.78. The van der Waals surface area contributed by atoms with Crippen molar-refractivity contribution in [2.24, 2.45) is 0 Å². The topological polar surface area (TPSA) is 50.7 Å². The molecule has 164 valence electrons. The van der Waals surface area contributed by atoms with E-state index in [1.54, 1.807) is 24.3 Å². The fourth-order valence-electron chi connectivity index (χ4n) is 3.64. The molecule has 4 nitrogen and oxygen atoms in total. The highest BCUT2D eigenvalue weighted by atomic mass is 35.5. The molecule has 2 N–H and O–H groups in total. The molecule has 0 amide bonds. The van der Waals surface area contributed by atoms with Crippen LogP contribution >= 0.6 is 11.6 Å². The first-order valence-corrected chi connectivity index (χ1v) is 9.98. The van der Waals surface area contributed by atoms with Gasteiger partial charge in [-0.1, -0.05) is 29.5 Å². The van der Waals surface area contributed by atoms with E-state index in [0.717, 1.165) is 6.07 Å². The number of fused-ring (bicyclic) bond motifs is 1. The second kappa shape index (κ2) is 7.81. The maximum absolute atomic E-state index is 13.4. The zero-order chi connectivity index (χ0) is 22.3. The summed E-state index contributed by atoms with van der Waals surface area (Å²) in [5.74, 6) is 4.87. The number of hydrogen-bond donors (Lipinski definition) is 2. The van der Waals surface area contributed by atoms with Crippen molar-refractivity contribution in [2.45, 2.75) is 49.5 Å². The Bertz CT molecular complexity index is 1050. The van der Waals surface area contributed by atoms with Crippen molar-refractivity contribution in [1.29, 1.82) is 0 Å². The van der Waals surface area contributed by atoms with E-state index in [1.165, 1.54) is 12.1 Å². The molecular formula is C22H18ClF4NO3. The molecular weight excluding hydrogens is 438 g/mol. The first-order valence-electron chi connectivity index (χ1n) is 9.61. The van der Waals surface area contributed by atoms with Crippen molar-refractivity contribution in [1.82, 2.24) is 0 Å². The lowest BCUT2D eigenvalue weighted by Gasteiger charge is -2.35. The molecule has 0 unspecified atom stereocenters. The number of hydrogen-bond acceptors (Lipinski definition) is 4. The fourth-order valence-corrected chi connectivity index (χ4v) is 3.83. The number of alkyl halides is 4. The van der Waals surface area contributed by atoms with Gasteiger partial charge in [0.15, 0.2) is 11.5 Å². The van der Waals surface area contributed by atoms with Gasteiger partial charge in [-0.2, -0.15) is 17.6 Å². The summed E-state index contributed by atoms with van der Waals surface area (Å²) < 4.78 is 61.7. The molecule has 0 saturated heterocycles. The summed E-state index contributed by atoms with van der Waals surface area (Å²) in [6, 6.07) is 10.5. The average Bonchev–Trinajstić information content (AvgIpc) is 2.67. The van der Waals surface area contributed by atoms with Gasteiger partial charge < -0.3 is 19.9 Å². The van der Waals surface area contributed by atoms with Crippen molar-refractivity contribution < 1.29 is 32.1 Å². The molecule has 1 fully saturated rings. The normalized spacial score (nSPS) is 25.8. The van der Waals surface area contributed by atoms with Gasteiger partial charge in [0.25, 0.3) is 0 Å². The molecule has 2 atom stereocenters. The summed E-state index contributed by atoms with van der Waals surface area (Å²) in [4.78, 5) is 0. The van der Waals surface area contributed by atoms with Crippen molar-refractivity contribution in [3.05, 3.63) is 53.1 Å². The standard InChI is InChI=1S/C22H18ClF4NO3/c23-15-4-1-3-14(11-15)8-10-20(29)9-2-5-17(13-20)28-16-6-7-18-19(12-16)31-22(26,27)21(24,25)30-18/h1,3-4,6-7,11-12,17,28-29H,2,5,9,13H2/t17-,20+/m0/s1. The first kappa shape index (κ1) is 21.6. The zero-order valence-electron chi connectivity index (χ0n) is 16.1. The van der Waals surface area contributed by atoms with Gasteiger partial charge in [-0.05, 0) is 49.6 Å². The molecule has 2 aromatic carbocycles. The second-order valence-corrected chi connectivity index (χ2v) is 8.07. The Morgan fingerprint density at radius 1 is 1.03 bits per heavy atom. The smallest absolute Gasteiger partial charge is 0.421 e. The van der Waals surface area contributed by atoms with E-state index in [0.29, 0.717) is 42.0 Å². The molecule has 2 aliphatic rings. The molecule has 2 aromatic rings. The van der Waals surface area contributed by atoms with Crippen LogP contribution in [0.3, 0.4) is 0 Å². The van der Waals surface area contributed by atoms with Gasteiger partial charge in [-0.25, -0.2) is 0 Å². The summed E-state index contributed by atoms with van der Waals surface area (Å²) in [6.45, 7) is 0. The van der Waals surface area contributed by atoms with Crippen LogP contribution in [-0.2, 0) is 0 Å². The molecule has 1 aliphatic heterocycles. The SMILES string of the molecule is O[C@@]1(C#Cc2cccc(Cl)c2)CCC[C@H](Nc2ccc3c(c2)OC(F)(F)C(F)(F)O3)C1. The molecule has 1 heterocycles. The van der Waals surface area contributed by atoms with Crippen molar-refractivity contribution >= 4 is 17.3 Å². The quantitative estimate of drug-likeness (QED) is 0.468. The number of benzene rings is 2. The van der Waals surface area contributed by atoms with Gasteiger partial charge in [0.1, 0.15) is 5.60 Å². The Kier molecular flexibility index (Phi) is 5.44. The van der Waals surface area contributed by atoms with Crippen molar-refractivity contribution in [3.8, 4) is 23.3 Å². The number of aliphatic hydroxyl groups is 1. The molecule has 9 heteroatoms. The number of nitrogens with one attached hydrogen (secondary N) is 1. The minimum absolute atomic E-state index is 0.211. The van der Waals surface area contributed by atoms with Crippen LogP contribution < -0.4 is 14.8 Å². The van der Waals surface area contributed by atoms with Gasteiger partial charge in [0, 0.05) is 34.8 Å². The van der Waals surface area contributed by atoms with Crippen LogP contribution in [0.5, 0.6) is 11.5 Å². The van der Waals surface area contributed by atoms with Crippen molar-refractivity contribution in [2.75, 3.05) is 5.32 Å². The lowest BCUT2D eigenvalue weighted by atomic mass is 9.82. The predicted octanol–water partition coefficient (Wildman–Crippen LogP) is 5.43. The van der Waals surface area contributed by atoms with Gasteiger partial charge >= 0.3 is 12.2 Å². The molecule has 31 heavy (non-hydrogen) atoms. The Hall–Kier alpha value is -2.63. The van der Waals surface area contributed by atoms with E-state index in [2.05, 4.69) is 26.6 Å². The van der Waals surface area contributed by atoms with Gasteiger partial charge in [0.2, 0.25) is 0 Å². The number of rotatable bonds is 2. The van der Waals surface area contributed by atoms with Crippen LogP contribution in [0, 0.1) is 11.8 Å². The monoisotopic (exact) mass is 455 g/mol. The Labute approximate surface area is 181 Å². The lowest BCUT2D eigenvalue weighted by Crippen LogP contribution is -2.52. The molecule has 0 aromatic heterocycles. The maximum atomic E-state index is 13.4. The lowest BCUT2D eigenvalue weighted by molar-refractivity contribution is -0.391. The number of halogens is 5. The third-order valence-electron chi connectivity index (χ3n) is 5.12. The Morgan fingerprint density at radius 2 is 1.77 bits per heavy atom. The highest BCUT2D eigenvalue weighted by Gasteiger charge is 2.65. The zero-order valence-corrected chi connectivity index (χ0v) is 16.9. The fraction of sp³-hybridized carbons (Fsp3) is 0.364. The van der Waals surface area contributed by atoms with E-state index in [-0.39, 0.29) is 6.04 Å². The molecule has 1 aliphatic carbocycles. The molecule has 0 radical (unpaired) electrons. The third kappa shape index (κ3) is 4.68.